The van der Waals surface area contributed by atoms with E-state index in [1.165, 1.54) is 4.90 Å². The second-order valence-electron chi connectivity index (χ2n) is 4.11. The zero-order valence-corrected chi connectivity index (χ0v) is 9.33. The van der Waals surface area contributed by atoms with Crippen LogP contribution in [0.1, 0.15) is 20.3 Å². The number of nitrogens with zero attached hydrogens (tertiary/aromatic N) is 1. The van der Waals surface area contributed by atoms with Crippen LogP contribution in [-0.4, -0.2) is 35.6 Å². The Hall–Kier alpha value is -0.450. The zero-order valence-electron chi connectivity index (χ0n) is 8.52. The van der Waals surface area contributed by atoms with Gasteiger partial charge in [0.25, 0.3) is 5.92 Å². The van der Waals surface area contributed by atoms with Gasteiger partial charge in [0.2, 0.25) is 0 Å². The van der Waals surface area contributed by atoms with Gasteiger partial charge in [0.15, 0.2) is 5.11 Å². The van der Waals surface area contributed by atoms with Gasteiger partial charge in [-0.2, -0.15) is 0 Å². The van der Waals surface area contributed by atoms with E-state index in [2.05, 4.69) is 5.32 Å². The predicted octanol–water partition coefficient (Wildman–Crippen LogP) is 1.86. The van der Waals surface area contributed by atoms with Crippen molar-refractivity contribution in [2.45, 2.75) is 26.2 Å². The lowest BCUT2D eigenvalue weighted by Gasteiger charge is -2.20. The lowest BCUT2D eigenvalue weighted by Crippen LogP contribution is -2.40. The third-order valence-electron chi connectivity index (χ3n) is 2.12. The molecule has 82 valence electrons. The summed E-state index contributed by atoms with van der Waals surface area (Å²) in [6, 6.07) is 0. The molecule has 1 heterocycles. The largest absolute Gasteiger partial charge is 0.362 e. The molecule has 0 unspecified atom stereocenters. The summed E-state index contributed by atoms with van der Waals surface area (Å²) in [5, 5.41) is 3.44. The molecule has 1 aliphatic rings. The highest BCUT2D eigenvalue weighted by molar-refractivity contribution is 7.80. The maximum Gasteiger partial charge on any atom is 0.267 e. The predicted molar refractivity (Wildman–Crippen MR) is 56.6 cm³/mol. The van der Waals surface area contributed by atoms with Gasteiger partial charge in [-0.05, 0) is 18.1 Å². The van der Waals surface area contributed by atoms with E-state index in [0.29, 0.717) is 17.6 Å². The number of hydrogen-bond donors (Lipinski definition) is 1. The van der Waals surface area contributed by atoms with Gasteiger partial charge in [0, 0.05) is 19.5 Å². The fourth-order valence-corrected chi connectivity index (χ4v) is 1.55. The molecule has 0 aromatic rings. The first-order valence-electron chi connectivity index (χ1n) is 4.81. The van der Waals surface area contributed by atoms with Crippen LogP contribution >= 0.6 is 12.2 Å². The molecule has 1 fully saturated rings. The van der Waals surface area contributed by atoms with E-state index in [1.54, 1.807) is 0 Å². The molecule has 0 aliphatic carbocycles. The van der Waals surface area contributed by atoms with E-state index in [9.17, 15) is 8.78 Å². The summed E-state index contributed by atoms with van der Waals surface area (Å²) in [6.45, 7) is 4.96. The van der Waals surface area contributed by atoms with Gasteiger partial charge >= 0.3 is 0 Å². The van der Waals surface area contributed by atoms with Crippen molar-refractivity contribution in [2.24, 2.45) is 5.92 Å². The molecule has 0 spiro atoms. The summed E-state index contributed by atoms with van der Waals surface area (Å²) in [5.41, 5.74) is 0. The SMILES string of the molecule is CC(C)CNC(=S)N1CCC(F)(F)C1. The molecular formula is C9H16F2N2S. The van der Waals surface area contributed by atoms with Crippen LogP contribution in [0.3, 0.4) is 0 Å². The van der Waals surface area contributed by atoms with Crippen LogP contribution in [0, 0.1) is 5.92 Å². The fourth-order valence-electron chi connectivity index (χ4n) is 1.31. The van der Waals surface area contributed by atoms with Crippen LogP contribution in [0.25, 0.3) is 0 Å². The number of nitrogens with one attached hydrogen (secondary N) is 1. The molecule has 0 atom stereocenters. The first-order valence-corrected chi connectivity index (χ1v) is 5.22. The Morgan fingerprint density at radius 3 is 2.64 bits per heavy atom. The molecule has 1 N–H and O–H groups in total. The summed E-state index contributed by atoms with van der Waals surface area (Å²) in [4.78, 5) is 1.54. The third kappa shape index (κ3) is 3.36. The van der Waals surface area contributed by atoms with E-state index >= 15 is 0 Å². The molecule has 0 amide bonds. The van der Waals surface area contributed by atoms with Gasteiger partial charge in [-0.25, -0.2) is 8.78 Å². The molecule has 5 heteroatoms. The second kappa shape index (κ2) is 4.38. The van der Waals surface area contributed by atoms with Crippen molar-refractivity contribution in [1.29, 1.82) is 0 Å². The smallest absolute Gasteiger partial charge is 0.267 e. The Morgan fingerprint density at radius 2 is 2.21 bits per heavy atom. The highest BCUT2D eigenvalue weighted by Crippen LogP contribution is 2.26. The van der Waals surface area contributed by atoms with Crippen LogP contribution in [0.5, 0.6) is 0 Å². The first kappa shape index (κ1) is 11.6. The third-order valence-corrected chi connectivity index (χ3v) is 2.52. The number of thiocarbonyl (C=S) groups is 1. The van der Waals surface area contributed by atoms with Crippen LogP contribution in [0.15, 0.2) is 0 Å². The minimum atomic E-state index is -2.57. The summed E-state index contributed by atoms with van der Waals surface area (Å²) in [7, 11) is 0. The number of halogens is 2. The van der Waals surface area contributed by atoms with Crippen molar-refractivity contribution in [3.63, 3.8) is 0 Å². The van der Waals surface area contributed by atoms with Crippen molar-refractivity contribution in [1.82, 2.24) is 10.2 Å². The average Bonchev–Trinajstić information content (AvgIpc) is 2.41. The maximum atomic E-state index is 12.8. The average molecular weight is 222 g/mol. The van der Waals surface area contributed by atoms with E-state index in [4.69, 9.17) is 12.2 Å². The maximum absolute atomic E-state index is 12.8. The monoisotopic (exact) mass is 222 g/mol. The number of alkyl halides is 2. The van der Waals surface area contributed by atoms with Crippen molar-refractivity contribution in [3.05, 3.63) is 0 Å². The number of rotatable bonds is 2. The molecule has 14 heavy (non-hydrogen) atoms. The van der Waals surface area contributed by atoms with Crippen LogP contribution in [-0.2, 0) is 0 Å². The van der Waals surface area contributed by atoms with Gasteiger partial charge in [-0.15, -0.1) is 0 Å². The Bertz CT molecular complexity index is 219. The zero-order chi connectivity index (χ0) is 10.8. The Balaban J connectivity index is 2.33. The van der Waals surface area contributed by atoms with Crippen molar-refractivity contribution >= 4 is 17.3 Å². The topological polar surface area (TPSA) is 15.3 Å². The minimum absolute atomic E-state index is 0.0868. The van der Waals surface area contributed by atoms with E-state index in [-0.39, 0.29) is 13.0 Å². The van der Waals surface area contributed by atoms with Gasteiger partial charge in [0.1, 0.15) is 0 Å². The van der Waals surface area contributed by atoms with E-state index in [1.807, 2.05) is 13.8 Å². The van der Waals surface area contributed by atoms with Gasteiger partial charge in [-0.3, -0.25) is 0 Å². The standard InChI is InChI=1S/C9H16F2N2S/c1-7(2)5-12-8(14)13-4-3-9(10,11)6-13/h7H,3-6H2,1-2H3,(H,12,14). The fraction of sp³-hybridized carbons (Fsp3) is 0.889. The molecule has 1 aliphatic heterocycles. The van der Waals surface area contributed by atoms with Gasteiger partial charge in [-0.1, -0.05) is 13.8 Å². The molecule has 0 bridgehead atoms. The molecular weight excluding hydrogens is 206 g/mol. The summed E-state index contributed by atoms with van der Waals surface area (Å²) in [6.07, 6.45) is -0.0868. The molecule has 1 saturated heterocycles. The van der Waals surface area contributed by atoms with Crippen molar-refractivity contribution < 1.29 is 8.78 Å². The van der Waals surface area contributed by atoms with Gasteiger partial charge in [0.05, 0.1) is 6.54 Å². The number of hydrogen-bond acceptors (Lipinski definition) is 1. The summed E-state index contributed by atoms with van der Waals surface area (Å²) >= 11 is 5.02. The molecule has 0 aromatic heterocycles. The Labute approximate surface area is 88.7 Å². The lowest BCUT2D eigenvalue weighted by atomic mass is 10.2. The molecule has 1 rings (SSSR count). The van der Waals surface area contributed by atoms with Crippen molar-refractivity contribution in [2.75, 3.05) is 19.6 Å². The molecule has 0 saturated carbocycles. The second-order valence-corrected chi connectivity index (χ2v) is 4.49. The molecule has 0 radical (unpaired) electrons. The van der Waals surface area contributed by atoms with Crippen molar-refractivity contribution in [3.8, 4) is 0 Å². The summed E-state index contributed by atoms with van der Waals surface area (Å²) < 4.78 is 25.6. The Morgan fingerprint density at radius 1 is 1.57 bits per heavy atom. The molecule has 0 aromatic carbocycles. The number of likely N-dealkylation sites (tertiary alicyclic amines) is 1. The summed E-state index contributed by atoms with van der Waals surface area (Å²) in [5.74, 6) is -2.10. The highest BCUT2D eigenvalue weighted by atomic mass is 32.1. The van der Waals surface area contributed by atoms with Gasteiger partial charge < -0.3 is 10.2 Å². The molecule has 2 nitrogen and oxygen atoms in total. The quantitative estimate of drug-likeness (QED) is 0.718. The van der Waals surface area contributed by atoms with Crippen LogP contribution < -0.4 is 5.32 Å². The lowest BCUT2D eigenvalue weighted by molar-refractivity contribution is 0.0175. The highest BCUT2D eigenvalue weighted by Gasteiger charge is 2.39. The van der Waals surface area contributed by atoms with Crippen LogP contribution in [0.4, 0.5) is 8.78 Å². The van der Waals surface area contributed by atoms with E-state index < -0.39 is 5.92 Å². The normalized spacial score (nSPS) is 20.2. The Kier molecular flexibility index (Phi) is 3.64. The first-order chi connectivity index (χ1) is 6.41. The van der Waals surface area contributed by atoms with Crippen LogP contribution in [0.2, 0.25) is 0 Å². The van der Waals surface area contributed by atoms with E-state index in [0.717, 1.165) is 6.54 Å². The minimum Gasteiger partial charge on any atom is -0.362 e.